The van der Waals surface area contributed by atoms with Crippen molar-refractivity contribution in [1.82, 2.24) is 24.0 Å². The van der Waals surface area contributed by atoms with Crippen LogP contribution >= 0.6 is 11.6 Å². The highest BCUT2D eigenvalue weighted by Crippen LogP contribution is 2.32. The maximum Gasteiger partial charge on any atom is 0.332 e. The van der Waals surface area contributed by atoms with Crippen LogP contribution in [-0.2, 0) is 25.4 Å². The second kappa shape index (κ2) is 5.52. The van der Waals surface area contributed by atoms with Gasteiger partial charge in [0, 0.05) is 20.1 Å². The molecule has 1 amide bonds. The molecule has 0 aliphatic heterocycles. The predicted molar refractivity (Wildman–Crippen MR) is 85.6 cm³/mol. The number of aromatic nitrogens is 4. The van der Waals surface area contributed by atoms with Crippen molar-refractivity contribution in [3.63, 3.8) is 0 Å². The van der Waals surface area contributed by atoms with Gasteiger partial charge in [-0.15, -0.1) is 0 Å². The number of hydrogen-bond donors (Lipinski definition) is 1. The second-order valence-corrected chi connectivity index (χ2v) is 6.38. The van der Waals surface area contributed by atoms with Gasteiger partial charge < -0.3 is 5.32 Å². The van der Waals surface area contributed by atoms with Gasteiger partial charge in [-0.3, -0.25) is 23.3 Å². The molecule has 1 aliphatic rings. The fourth-order valence-electron chi connectivity index (χ4n) is 2.72. The maximum atomic E-state index is 12.4. The third-order valence-electron chi connectivity index (χ3n) is 4.32. The van der Waals surface area contributed by atoms with Crippen molar-refractivity contribution in [1.29, 1.82) is 0 Å². The molecule has 1 atom stereocenters. The normalized spacial score (nSPS) is 15.8. The Morgan fingerprint density at radius 2 is 2.00 bits per heavy atom. The molecule has 0 bridgehead atoms. The Morgan fingerprint density at radius 1 is 1.35 bits per heavy atom. The number of aryl methyl sites for hydroxylation is 1. The Hall–Kier alpha value is -2.09. The summed E-state index contributed by atoms with van der Waals surface area (Å²) in [5.74, 6) is 0.296. The molecule has 1 aliphatic carbocycles. The fourth-order valence-corrected chi connectivity index (χ4v) is 2.95. The fraction of sp³-hybridized carbons (Fsp3) is 0.571. The molecule has 0 saturated heterocycles. The first kappa shape index (κ1) is 15.8. The summed E-state index contributed by atoms with van der Waals surface area (Å²) in [6.45, 7) is 1.85. The number of carbonyl (C=O) groups excluding carboxylic acids is 1. The summed E-state index contributed by atoms with van der Waals surface area (Å²) >= 11 is 6.08. The second-order valence-electron chi connectivity index (χ2n) is 6.04. The van der Waals surface area contributed by atoms with Gasteiger partial charge in [0.05, 0.1) is 0 Å². The molecule has 2 heterocycles. The number of imidazole rings is 1. The third kappa shape index (κ3) is 2.67. The molecule has 1 N–H and O–H groups in total. The zero-order valence-electron chi connectivity index (χ0n) is 13.2. The predicted octanol–water partition coefficient (Wildman–Crippen LogP) is 0.00180. The van der Waals surface area contributed by atoms with Crippen molar-refractivity contribution in [2.45, 2.75) is 32.4 Å². The van der Waals surface area contributed by atoms with Crippen molar-refractivity contribution in [2.75, 3.05) is 0 Å². The average Bonchev–Trinajstić information content (AvgIpc) is 3.29. The SMILES string of the molecule is C[C@@H](NC(=O)Cn1c(Cl)nc2c1c(=O)n(C)c(=O)n2C)C1CC1. The Labute approximate surface area is 136 Å². The van der Waals surface area contributed by atoms with E-state index < -0.39 is 11.2 Å². The first-order valence-electron chi connectivity index (χ1n) is 7.42. The Balaban J connectivity index is 2.00. The molecule has 1 saturated carbocycles. The van der Waals surface area contributed by atoms with Gasteiger partial charge in [0.2, 0.25) is 11.2 Å². The zero-order valence-corrected chi connectivity index (χ0v) is 13.9. The Morgan fingerprint density at radius 3 is 2.61 bits per heavy atom. The first-order valence-corrected chi connectivity index (χ1v) is 7.80. The number of halogens is 1. The summed E-state index contributed by atoms with van der Waals surface area (Å²) < 4.78 is 3.55. The summed E-state index contributed by atoms with van der Waals surface area (Å²) in [4.78, 5) is 40.5. The van der Waals surface area contributed by atoms with Crippen molar-refractivity contribution in [3.05, 3.63) is 26.1 Å². The average molecular weight is 340 g/mol. The summed E-state index contributed by atoms with van der Waals surface area (Å²) in [6.07, 6.45) is 2.25. The van der Waals surface area contributed by atoms with E-state index in [4.69, 9.17) is 11.6 Å². The topological polar surface area (TPSA) is 90.9 Å². The van der Waals surface area contributed by atoms with E-state index in [9.17, 15) is 14.4 Å². The van der Waals surface area contributed by atoms with Gasteiger partial charge in [0.25, 0.3) is 5.56 Å². The van der Waals surface area contributed by atoms with Crippen LogP contribution < -0.4 is 16.6 Å². The van der Waals surface area contributed by atoms with Crippen molar-refractivity contribution in [2.24, 2.45) is 20.0 Å². The van der Waals surface area contributed by atoms with Crippen LogP contribution in [0.4, 0.5) is 0 Å². The van der Waals surface area contributed by atoms with E-state index in [1.54, 1.807) is 0 Å². The van der Waals surface area contributed by atoms with Crippen LogP contribution in [0, 0.1) is 5.92 Å². The largest absolute Gasteiger partial charge is 0.352 e. The molecular weight excluding hydrogens is 322 g/mol. The smallest absolute Gasteiger partial charge is 0.332 e. The number of fused-ring (bicyclic) bond motifs is 1. The molecule has 2 aromatic rings. The lowest BCUT2D eigenvalue weighted by Gasteiger charge is -2.13. The van der Waals surface area contributed by atoms with Crippen molar-refractivity contribution in [3.8, 4) is 0 Å². The molecule has 0 spiro atoms. The molecular formula is C14H18ClN5O3. The van der Waals surface area contributed by atoms with Gasteiger partial charge in [-0.05, 0) is 37.3 Å². The molecule has 2 aromatic heterocycles. The molecule has 0 radical (unpaired) electrons. The minimum absolute atomic E-state index is 0.00697. The summed E-state index contributed by atoms with van der Waals surface area (Å²) in [5, 5.41) is 2.92. The van der Waals surface area contributed by atoms with Crippen molar-refractivity contribution >= 4 is 28.7 Å². The van der Waals surface area contributed by atoms with E-state index in [-0.39, 0.29) is 34.9 Å². The standard InChI is InChI=1S/C14H18ClN5O3/c1-7(8-4-5-8)16-9(21)6-20-10-11(17-13(20)15)18(2)14(23)19(3)12(10)22/h7-8H,4-6H2,1-3H3,(H,16,21)/t7-/m1/s1. The molecule has 0 unspecified atom stereocenters. The molecule has 1 fully saturated rings. The first-order chi connectivity index (χ1) is 10.8. The van der Waals surface area contributed by atoms with Crippen LogP contribution in [0.15, 0.2) is 9.59 Å². The Bertz CT molecular complexity index is 906. The number of amides is 1. The number of hydrogen-bond acceptors (Lipinski definition) is 4. The molecule has 124 valence electrons. The minimum Gasteiger partial charge on any atom is -0.352 e. The van der Waals surface area contributed by atoms with E-state index in [0.717, 1.165) is 17.4 Å². The van der Waals surface area contributed by atoms with Crippen LogP contribution in [0.1, 0.15) is 19.8 Å². The van der Waals surface area contributed by atoms with Gasteiger partial charge in [0.1, 0.15) is 6.54 Å². The van der Waals surface area contributed by atoms with Crippen LogP contribution in [0.3, 0.4) is 0 Å². The highest BCUT2D eigenvalue weighted by Gasteiger charge is 2.29. The number of nitrogens with zero attached hydrogens (tertiary/aromatic N) is 4. The van der Waals surface area contributed by atoms with E-state index >= 15 is 0 Å². The van der Waals surface area contributed by atoms with Gasteiger partial charge in [-0.1, -0.05) is 0 Å². The van der Waals surface area contributed by atoms with E-state index in [1.807, 2.05) is 6.92 Å². The van der Waals surface area contributed by atoms with Crippen LogP contribution in [0.5, 0.6) is 0 Å². The molecule has 3 rings (SSSR count). The molecule has 0 aromatic carbocycles. The van der Waals surface area contributed by atoms with E-state index in [2.05, 4.69) is 10.3 Å². The van der Waals surface area contributed by atoms with Gasteiger partial charge in [-0.25, -0.2) is 4.79 Å². The number of rotatable bonds is 4. The van der Waals surface area contributed by atoms with Crippen LogP contribution in [0.25, 0.3) is 11.2 Å². The lowest BCUT2D eigenvalue weighted by molar-refractivity contribution is -0.122. The molecule has 23 heavy (non-hydrogen) atoms. The quantitative estimate of drug-likeness (QED) is 0.794. The Kier molecular flexibility index (Phi) is 3.79. The summed E-state index contributed by atoms with van der Waals surface area (Å²) in [6, 6.07) is 0.100. The number of nitrogens with one attached hydrogen (secondary N) is 1. The summed E-state index contributed by atoms with van der Waals surface area (Å²) in [7, 11) is 2.89. The highest BCUT2D eigenvalue weighted by molar-refractivity contribution is 6.29. The minimum atomic E-state index is -0.523. The third-order valence-corrected chi connectivity index (χ3v) is 4.61. The van der Waals surface area contributed by atoms with Gasteiger partial charge >= 0.3 is 5.69 Å². The molecule has 9 heteroatoms. The highest BCUT2D eigenvalue weighted by atomic mass is 35.5. The van der Waals surface area contributed by atoms with E-state index in [1.165, 1.54) is 23.2 Å². The molecule has 8 nitrogen and oxygen atoms in total. The van der Waals surface area contributed by atoms with Crippen molar-refractivity contribution < 1.29 is 4.79 Å². The lowest BCUT2D eigenvalue weighted by atomic mass is 10.2. The maximum absolute atomic E-state index is 12.4. The number of carbonyl (C=O) groups is 1. The lowest BCUT2D eigenvalue weighted by Crippen LogP contribution is -2.39. The van der Waals surface area contributed by atoms with Crippen LogP contribution in [-0.4, -0.2) is 30.6 Å². The van der Waals surface area contributed by atoms with E-state index in [0.29, 0.717) is 5.92 Å². The monoisotopic (exact) mass is 339 g/mol. The van der Waals surface area contributed by atoms with Gasteiger partial charge in [-0.2, -0.15) is 4.98 Å². The van der Waals surface area contributed by atoms with Gasteiger partial charge in [0.15, 0.2) is 11.2 Å². The summed E-state index contributed by atoms with van der Waals surface area (Å²) in [5.41, 5.74) is -0.693. The zero-order chi connectivity index (χ0) is 16.9. The van der Waals surface area contributed by atoms with Crippen LogP contribution in [0.2, 0.25) is 5.28 Å².